The van der Waals surface area contributed by atoms with Gasteiger partial charge in [0.25, 0.3) is 5.91 Å². The highest BCUT2D eigenvalue weighted by atomic mass is 32.2. The highest BCUT2D eigenvalue weighted by Gasteiger charge is 2.42. The lowest BCUT2D eigenvalue weighted by molar-refractivity contribution is -0.122. The number of anilines is 2. The van der Waals surface area contributed by atoms with Crippen molar-refractivity contribution >= 4 is 52.7 Å². The largest absolute Gasteiger partial charge is 0.388 e. The van der Waals surface area contributed by atoms with Crippen LogP contribution in [0.1, 0.15) is 19.8 Å². The zero-order valence-corrected chi connectivity index (χ0v) is 21.3. The van der Waals surface area contributed by atoms with Crippen molar-refractivity contribution in [2.45, 2.75) is 25.8 Å². The number of hydrogen-bond donors (Lipinski definition) is 1. The van der Waals surface area contributed by atoms with E-state index in [4.69, 9.17) is 12.2 Å². The zero-order valence-electron chi connectivity index (χ0n) is 19.7. The van der Waals surface area contributed by atoms with Gasteiger partial charge in [0.15, 0.2) is 5.11 Å². The summed E-state index contributed by atoms with van der Waals surface area (Å²) < 4.78 is 12.2. The van der Waals surface area contributed by atoms with E-state index in [0.29, 0.717) is 11.7 Å². The number of thiocarbonyl (C=S) groups is 1. The molecule has 1 heterocycles. The number of carbonyl (C=O) groups is 2. The van der Waals surface area contributed by atoms with E-state index in [1.807, 2.05) is 54.5 Å². The first-order valence-corrected chi connectivity index (χ1v) is 12.4. The molecular formula is C26H30FN3O2S2. The summed E-state index contributed by atoms with van der Waals surface area (Å²) in [7, 11) is 1.80. The smallest absolute Gasteiger partial charge is 0.256 e. The van der Waals surface area contributed by atoms with Gasteiger partial charge in [0.2, 0.25) is 0 Å². The van der Waals surface area contributed by atoms with Crippen LogP contribution in [0.4, 0.5) is 15.8 Å². The highest BCUT2D eigenvalue weighted by molar-refractivity contribution is 8.02. The van der Waals surface area contributed by atoms with E-state index in [0.717, 1.165) is 29.7 Å². The van der Waals surface area contributed by atoms with E-state index in [1.165, 1.54) is 21.9 Å². The predicted molar refractivity (Wildman–Crippen MR) is 145 cm³/mol. The third-order valence-electron chi connectivity index (χ3n) is 5.36. The summed E-state index contributed by atoms with van der Waals surface area (Å²) in [5.74, 6) is -0.340. The first-order valence-electron chi connectivity index (χ1n) is 10.8. The predicted octanol–water partition coefficient (Wildman–Crippen LogP) is 5.66. The maximum absolute atomic E-state index is 12.8. The quantitative estimate of drug-likeness (QED) is 0.273. The standard InChI is InChI=1S/C19H22N2O2S2.C7H8FN/c1-4-14(2)17(25-3)10-12-20-16(11-13-22)18(23)21(19(20)24)15-8-6-5-7-9-15;1-9-7-4-2-6(8)3-5-7/h4-9,13,16H,1,10-12H2,2-3H3;2-5,9H,1H3/b17-14-;. The number of amides is 1. The summed E-state index contributed by atoms with van der Waals surface area (Å²) in [6.45, 7) is 6.42. The van der Waals surface area contributed by atoms with Crippen LogP contribution in [-0.4, -0.2) is 48.1 Å². The SMILES string of the molecule is C=C/C(C)=C(/CCN1C(=S)N(c2ccccc2)C(=O)C1CC=O)SC.CNc1ccc(F)cc1. The van der Waals surface area contributed by atoms with Gasteiger partial charge < -0.3 is 15.0 Å². The van der Waals surface area contributed by atoms with Crippen molar-refractivity contribution in [2.75, 3.05) is 30.1 Å². The number of allylic oxidation sites excluding steroid dienone is 2. The molecule has 1 atom stereocenters. The molecule has 2 aromatic rings. The van der Waals surface area contributed by atoms with Crippen LogP contribution in [0.25, 0.3) is 0 Å². The molecule has 1 fully saturated rings. The van der Waals surface area contributed by atoms with E-state index in [2.05, 4.69) is 11.9 Å². The maximum atomic E-state index is 12.8. The lowest BCUT2D eigenvalue weighted by Crippen LogP contribution is -2.36. The number of hydrogen-bond acceptors (Lipinski definition) is 5. The number of nitrogens with one attached hydrogen (secondary N) is 1. The summed E-state index contributed by atoms with van der Waals surface area (Å²) in [6, 6.07) is 15.0. The molecule has 1 unspecified atom stereocenters. The number of para-hydroxylation sites is 1. The Morgan fingerprint density at radius 3 is 2.38 bits per heavy atom. The minimum absolute atomic E-state index is 0.140. The van der Waals surface area contributed by atoms with Gasteiger partial charge in [-0.15, -0.1) is 11.8 Å². The Hall–Kier alpha value is -2.97. The van der Waals surface area contributed by atoms with Crippen LogP contribution in [0.2, 0.25) is 0 Å². The number of nitrogens with zero attached hydrogens (tertiary/aromatic N) is 2. The van der Waals surface area contributed by atoms with Crippen molar-refractivity contribution in [1.29, 1.82) is 0 Å². The van der Waals surface area contributed by atoms with Crippen LogP contribution in [0.5, 0.6) is 0 Å². The second-order valence-corrected chi connectivity index (χ2v) is 8.69. The van der Waals surface area contributed by atoms with Gasteiger partial charge in [-0.3, -0.25) is 9.69 Å². The molecule has 0 aliphatic carbocycles. The van der Waals surface area contributed by atoms with Crippen molar-refractivity contribution in [3.63, 3.8) is 0 Å². The van der Waals surface area contributed by atoms with Crippen LogP contribution in [0, 0.1) is 5.82 Å². The molecule has 0 saturated carbocycles. The Labute approximate surface area is 210 Å². The van der Waals surface area contributed by atoms with Crippen LogP contribution >= 0.6 is 24.0 Å². The average molecular weight is 500 g/mol. The molecule has 1 N–H and O–H groups in total. The van der Waals surface area contributed by atoms with Crippen molar-refractivity contribution in [1.82, 2.24) is 4.90 Å². The second kappa shape index (κ2) is 13.7. The van der Waals surface area contributed by atoms with E-state index in [1.54, 1.807) is 30.9 Å². The summed E-state index contributed by atoms with van der Waals surface area (Å²) in [5.41, 5.74) is 2.78. The summed E-state index contributed by atoms with van der Waals surface area (Å²) in [4.78, 5) is 28.5. The van der Waals surface area contributed by atoms with Crippen molar-refractivity contribution < 1.29 is 14.0 Å². The molecule has 0 radical (unpaired) electrons. The highest BCUT2D eigenvalue weighted by Crippen LogP contribution is 2.29. The third-order valence-corrected chi connectivity index (χ3v) is 6.79. The summed E-state index contributed by atoms with van der Waals surface area (Å²) >= 11 is 7.24. The number of halogens is 1. The molecule has 0 bridgehead atoms. The molecule has 1 saturated heterocycles. The average Bonchev–Trinajstić information content (AvgIpc) is 3.09. The van der Waals surface area contributed by atoms with Gasteiger partial charge in [-0.1, -0.05) is 30.9 Å². The summed E-state index contributed by atoms with van der Waals surface area (Å²) in [6.07, 6.45) is 5.53. The zero-order chi connectivity index (χ0) is 25.1. The topological polar surface area (TPSA) is 52.7 Å². The van der Waals surface area contributed by atoms with E-state index < -0.39 is 6.04 Å². The summed E-state index contributed by atoms with van der Waals surface area (Å²) in [5, 5.41) is 3.35. The normalized spacial score (nSPS) is 15.9. The fourth-order valence-corrected chi connectivity index (χ4v) is 4.55. The molecule has 8 heteroatoms. The van der Waals surface area contributed by atoms with Gasteiger partial charge in [0, 0.05) is 25.7 Å². The maximum Gasteiger partial charge on any atom is 0.256 e. The fraction of sp³-hybridized carbons (Fsp3) is 0.269. The number of benzene rings is 2. The molecule has 3 rings (SSSR count). The molecular weight excluding hydrogens is 469 g/mol. The van der Waals surface area contributed by atoms with Gasteiger partial charge in [-0.2, -0.15) is 0 Å². The van der Waals surface area contributed by atoms with Crippen molar-refractivity contribution in [3.05, 3.63) is 83.5 Å². The van der Waals surface area contributed by atoms with Gasteiger partial charge in [0.1, 0.15) is 18.1 Å². The van der Waals surface area contributed by atoms with Crippen LogP contribution in [-0.2, 0) is 9.59 Å². The molecule has 1 aliphatic rings. The van der Waals surface area contributed by atoms with Gasteiger partial charge >= 0.3 is 0 Å². The minimum atomic E-state index is -0.530. The van der Waals surface area contributed by atoms with Gasteiger partial charge in [-0.05, 0) is 78.7 Å². The van der Waals surface area contributed by atoms with E-state index >= 15 is 0 Å². The molecule has 34 heavy (non-hydrogen) atoms. The molecule has 180 valence electrons. The first kappa shape index (κ1) is 27.3. The lowest BCUT2D eigenvalue weighted by atomic mass is 10.1. The first-order chi connectivity index (χ1) is 16.4. The van der Waals surface area contributed by atoms with Crippen LogP contribution in [0.3, 0.4) is 0 Å². The van der Waals surface area contributed by atoms with Crippen LogP contribution < -0.4 is 10.2 Å². The number of thioether (sulfide) groups is 1. The third kappa shape index (κ3) is 7.01. The second-order valence-electron chi connectivity index (χ2n) is 7.42. The van der Waals surface area contributed by atoms with Crippen LogP contribution in [0.15, 0.2) is 77.7 Å². The van der Waals surface area contributed by atoms with E-state index in [9.17, 15) is 14.0 Å². The fourth-order valence-electron chi connectivity index (χ4n) is 3.44. The molecule has 0 aromatic heterocycles. The molecule has 2 aromatic carbocycles. The number of carbonyl (C=O) groups excluding carboxylic acids is 2. The number of rotatable bonds is 9. The Morgan fingerprint density at radius 2 is 1.85 bits per heavy atom. The Balaban J connectivity index is 0.000000379. The van der Waals surface area contributed by atoms with Crippen molar-refractivity contribution in [3.8, 4) is 0 Å². The molecule has 1 aliphatic heterocycles. The Bertz CT molecular complexity index is 1030. The molecule has 0 spiro atoms. The number of aldehydes is 1. The monoisotopic (exact) mass is 499 g/mol. The van der Waals surface area contributed by atoms with Gasteiger partial charge in [-0.25, -0.2) is 4.39 Å². The Kier molecular flexibility index (Phi) is 11.0. The van der Waals surface area contributed by atoms with Crippen molar-refractivity contribution in [2.24, 2.45) is 0 Å². The lowest BCUT2D eigenvalue weighted by Gasteiger charge is -2.23. The minimum Gasteiger partial charge on any atom is -0.388 e. The molecule has 1 amide bonds. The van der Waals surface area contributed by atoms with E-state index in [-0.39, 0.29) is 18.1 Å². The Morgan fingerprint density at radius 1 is 1.21 bits per heavy atom. The van der Waals surface area contributed by atoms with Gasteiger partial charge in [0.05, 0.1) is 5.69 Å². The molecule has 5 nitrogen and oxygen atoms in total.